The predicted octanol–water partition coefficient (Wildman–Crippen LogP) is 2.61. The van der Waals surface area contributed by atoms with Crippen molar-refractivity contribution >= 4 is 27.5 Å². The molecule has 0 aromatic heterocycles. The Bertz CT molecular complexity index is 1150. The van der Waals surface area contributed by atoms with E-state index in [9.17, 15) is 18.0 Å². The van der Waals surface area contributed by atoms with Crippen LogP contribution < -0.4 is 19.7 Å². The van der Waals surface area contributed by atoms with Crippen LogP contribution in [-0.4, -0.2) is 39.4 Å². The van der Waals surface area contributed by atoms with Crippen molar-refractivity contribution in [2.24, 2.45) is 5.92 Å². The maximum atomic E-state index is 13.1. The zero-order valence-electron chi connectivity index (χ0n) is 19.6. The molecule has 2 aromatic carbocycles. The van der Waals surface area contributed by atoms with Crippen molar-refractivity contribution in [3.05, 3.63) is 53.6 Å². The van der Waals surface area contributed by atoms with E-state index in [2.05, 4.69) is 10.0 Å². The van der Waals surface area contributed by atoms with Gasteiger partial charge in [-0.2, -0.15) is 4.72 Å². The largest absolute Gasteiger partial charge is 0.497 e. The number of nitrogens with zero attached hydrogens (tertiary/aromatic N) is 1. The van der Waals surface area contributed by atoms with Gasteiger partial charge in [0.15, 0.2) is 0 Å². The van der Waals surface area contributed by atoms with Gasteiger partial charge in [0, 0.05) is 25.2 Å². The fraction of sp³-hybridized carbons (Fsp3) is 0.417. The van der Waals surface area contributed by atoms with Crippen molar-refractivity contribution in [1.29, 1.82) is 0 Å². The van der Waals surface area contributed by atoms with E-state index in [-0.39, 0.29) is 29.3 Å². The van der Waals surface area contributed by atoms with Crippen molar-refractivity contribution < 1.29 is 22.7 Å². The first-order chi connectivity index (χ1) is 15.5. The Labute approximate surface area is 195 Å². The van der Waals surface area contributed by atoms with E-state index < -0.39 is 22.0 Å². The van der Waals surface area contributed by atoms with Crippen LogP contribution >= 0.6 is 0 Å². The van der Waals surface area contributed by atoms with Gasteiger partial charge in [0.2, 0.25) is 21.8 Å². The van der Waals surface area contributed by atoms with Crippen molar-refractivity contribution in [3.63, 3.8) is 0 Å². The van der Waals surface area contributed by atoms with Crippen molar-refractivity contribution in [2.75, 3.05) is 12.0 Å². The number of benzene rings is 2. The number of anilines is 1. The van der Waals surface area contributed by atoms with Gasteiger partial charge in [0.05, 0.1) is 12.0 Å². The van der Waals surface area contributed by atoms with E-state index in [0.717, 1.165) is 16.8 Å². The minimum atomic E-state index is -3.95. The van der Waals surface area contributed by atoms with Crippen LogP contribution in [0.4, 0.5) is 5.69 Å². The van der Waals surface area contributed by atoms with Gasteiger partial charge in [-0.1, -0.05) is 26.0 Å². The molecule has 2 atom stereocenters. The van der Waals surface area contributed by atoms with Crippen LogP contribution in [0.3, 0.4) is 0 Å². The molecule has 0 saturated carbocycles. The first-order valence-corrected chi connectivity index (χ1v) is 12.4. The number of nitrogens with one attached hydrogen (secondary N) is 2. The molecule has 3 rings (SSSR count). The van der Waals surface area contributed by atoms with Crippen LogP contribution in [0.2, 0.25) is 0 Å². The maximum absolute atomic E-state index is 13.1. The summed E-state index contributed by atoms with van der Waals surface area (Å²) in [5, 5.41) is 2.81. The van der Waals surface area contributed by atoms with Gasteiger partial charge in [0.25, 0.3) is 0 Å². The van der Waals surface area contributed by atoms with E-state index in [0.29, 0.717) is 12.2 Å². The molecule has 0 radical (unpaired) electrons. The molecule has 2 N–H and O–H groups in total. The Morgan fingerprint density at radius 2 is 1.91 bits per heavy atom. The standard InChI is InChI=1S/C24H31N3O5S/c1-15(2)23(24(29)25-14-18-7-6-8-20(12-18)32-5)26-33(30,31)21-9-10-22-19(13-21)11-16(3)27(22)17(4)28/h6-10,12-13,15-16,23,26H,11,14H2,1-5H3,(H,25,29)/t16-,23+/m1/s1. The van der Waals surface area contributed by atoms with Crippen LogP contribution in [0.5, 0.6) is 5.75 Å². The number of amides is 2. The van der Waals surface area contributed by atoms with Crippen LogP contribution in [-0.2, 0) is 32.6 Å². The molecule has 33 heavy (non-hydrogen) atoms. The first kappa shape index (κ1) is 24.7. The highest BCUT2D eigenvalue weighted by molar-refractivity contribution is 7.89. The molecule has 0 spiro atoms. The summed E-state index contributed by atoms with van der Waals surface area (Å²) in [6.45, 7) is 7.24. The second-order valence-electron chi connectivity index (χ2n) is 8.64. The summed E-state index contributed by atoms with van der Waals surface area (Å²) in [4.78, 5) is 26.5. The SMILES string of the molecule is COc1cccc(CNC(=O)[C@@H](NS(=O)(=O)c2ccc3c(c2)C[C@@H](C)N3C(C)=O)C(C)C)c1. The number of carbonyl (C=O) groups is 2. The third kappa shape index (κ3) is 5.54. The average molecular weight is 474 g/mol. The summed E-state index contributed by atoms with van der Waals surface area (Å²) < 4.78 is 34.0. The van der Waals surface area contributed by atoms with Crippen molar-refractivity contribution in [2.45, 2.75) is 57.6 Å². The molecule has 9 heteroatoms. The molecule has 0 bridgehead atoms. The smallest absolute Gasteiger partial charge is 0.241 e. The van der Waals surface area contributed by atoms with Gasteiger partial charge >= 0.3 is 0 Å². The fourth-order valence-corrected chi connectivity index (χ4v) is 5.46. The topological polar surface area (TPSA) is 105 Å². The molecule has 8 nitrogen and oxygen atoms in total. The van der Waals surface area contributed by atoms with Gasteiger partial charge in [0.1, 0.15) is 11.8 Å². The Hall–Kier alpha value is -2.91. The summed E-state index contributed by atoms with van der Waals surface area (Å²) in [5.74, 6) is -0.0821. The monoisotopic (exact) mass is 473 g/mol. The number of rotatable bonds is 8. The predicted molar refractivity (Wildman–Crippen MR) is 127 cm³/mol. The fourth-order valence-electron chi connectivity index (χ4n) is 4.06. The van der Waals surface area contributed by atoms with E-state index in [4.69, 9.17) is 4.74 Å². The third-order valence-electron chi connectivity index (χ3n) is 5.75. The normalized spacial score (nSPS) is 16.4. The zero-order chi connectivity index (χ0) is 24.3. The second-order valence-corrected chi connectivity index (χ2v) is 10.4. The molecule has 2 aromatic rings. The van der Waals surface area contributed by atoms with Gasteiger partial charge in [-0.05, 0) is 60.7 Å². The van der Waals surface area contributed by atoms with E-state index in [1.54, 1.807) is 38.0 Å². The van der Waals surface area contributed by atoms with Crippen molar-refractivity contribution in [1.82, 2.24) is 10.0 Å². The van der Waals surface area contributed by atoms with Crippen LogP contribution in [0, 0.1) is 5.92 Å². The molecule has 0 fully saturated rings. The molecule has 1 aliphatic heterocycles. The Morgan fingerprint density at radius 1 is 1.18 bits per heavy atom. The number of hydrogen-bond donors (Lipinski definition) is 2. The highest BCUT2D eigenvalue weighted by Crippen LogP contribution is 2.34. The number of carbonyl (C=O) groups excluding carboxylic acids is 2. The molecule has 0 aliphatic carbocycles. The minimum Gasteiger partial charge on any atom is -0.497 e. The minimum absolute atomic E-state index is 0.0331. The van der Waals surface area contributed by atoms with E-state index in [1.807, 2.05) is 31.2 Å². The highest BCUT2D eigenvalue weighted by Gasteiger charge is 2.32. The maximum Gasteiger partial charge on any atom is 0.241 e. The van der Waals surface area contributed by atoms with Crippen LogP contribution in [0.1, 0.15) is 38.8 Å². The number of fused-ring (bicyclic) bond motifs is 1. The summed E-state index contributed by atoms with van der Waals surface area (Å²) in [7, 11) is -2.39. The summed E-state index contributed by atoms with van der Waals surface area (Å²) >= 11 is 0. The number of hydrogen-bond acceptors (Lipinski definition) is 5. The Balaban J connectivity index is 1.75. The van der Waals surface area contributed by atoms with Crippen LogP contribution in [0.15, 0.2) is 47.4 Å². The number of methoxy groups -OCH3 is 1. The average Bonchev–Trinajstić information content (AvgIpc) is 3.10. The van der Waals surface area contributed by atoms with Crippen LogP contribution in [0.25, 0.3) is 0 Å². The Morgan fingerprint density at radius 3 is 2.55 bits per heavy atom. The quantitative estimate of drug-likeness (QED) is 0.613. The van der Waals surface area contributed by atoms with Gasteiger partial charge in [-0.3, -0.25) is 9.59 Å². The highest BCUT2D eigenvalue weighted by atomic mass is 32.2. The third-order valence-corrected chi connectivity index (χ3v) is 7.19. The molecule has 1 heterocycles. The first-order valence-electron chi connectivity index (χ1n) is 10.9. The summed E-state index contributed by atoms with van der Waals surface area (Å²) in [5.41, 5.74) is 2.37. The summed E-state index contributed by atoms with van der Waals surface area (Å²) in [6.07, 6.45) is 0.576. The number of sulfonamides is 1. The number of ether oxygens (including phenoxy) is 1. The zero-order valence-corrected chi connectivity index (χ0v) is 20.4. The Kier molecular flexibility index (Phi) is 7.44. The van der Waals surface area contributed by atoms with Gasteiger partial charge in [-0.25, -0.2) is 8.42 Å². The molecule has 0 unspecified atom stereocenters. The van der Waals surface area contributed by atoms with E-state index in [1.165, 1.54) is 13.0 Å². The molecule has 1 aliphatic rings. The molecular formula is C24H31N3O5S. The lowest BCUT2D eigenvalue weighted by atomic mass is 10.0. The lowest BCUT2D eigenvalue weighted by Gasteiger charge is -2.22. The van der Waals surface area contributed by atoms with Crippen molar-refractivity contribution in [3.8, 4) is 5.75 Å². The van der Waals surface area contributed by atoms with Gasteiger partial charge < -0.3 is 15.0 Å². The molecule has 0 saturated heterocycles. The second kappa shape index (κ2) is 9.93. The summed E-state index contributed by atoms with van der Waals surface area (Å²) in [6, 6.07) is 11.0. The molecule has 2 amide bonds. The molecule has 178 valence electrons. The lowest BCUT2D eigenvalue weighted by molar-refractivity contribution is -0.123. The molecular weight excluding hydrogens is 442 g/mol. The van der Waals surface area contributed by atoms with E-state index >= 15 is 0 Å². The lowest BCUT2D eigenvalue weighted by Crippen LogP contribution is -2.49. The van der Waals surface area contributed by atoms with Gasteiger partial charge in [-0.15, -0.1) is 0 Å².